The van der Waals surface area contributed by atoms with Crippen LogP contribution >= 0.6 is 0 Å². The molecule has 0 saturated heterocycles. The Morgan fingerprint density at radius 2 is 1.85 bits per heavy atom. The van der Waals surface area contributed by atoms with Gasteiger partial charge in [0.25, 0.3) is 0 Å². The lowest BCUT2D eigenvalue weighted by atomic mass is 9.97. The largest absolute Gasteiger partial charge is 0.374 e. The van der Waals surface area contributed by atoms with E-state index in [9.17, 15) is 10.1 Å². The Bertz CT molecular complexity index is 1060. The van der Waals surface area contributed by atoms with Gasteiger partial charge in [-0.2, -0.15) is 5.26 Å². The van der Waals surface area contributed by atoms with Crippen molar-refractivity contribution in [2.75, 3.05) is 6.61 Å². The van der Waals surface area contributed by atoms with E-state index in [-0.39, 0.29) is 18.4 Å². The molecule has 1 heterocycles. The Balaban J connectivity index is 1.72. The summed E-state index contributed by atoms with van der Waals surface area (Å²) < 4.78 is 7.48. The highest BCUT2D eigenvalue weighted by Gasteiger charge is 2.28. The molecular formula is C24H29N7O2. The van der Waals surface area contributed by atoms with Crippen molar-refractivity contribution in [3.63, 3.8) is 0 Å². The van der Waals surface area contributed by atoms with Gasteiger partial charge in [-0.1, -0.05) is 60.7 Å². The van der Waals surface area contributed by atoms with Gasteiger partial charge in [0.15, 0.2) is 5.82 Å². The molecule has 2 atom stereocenters. The van der Waals surface area contributed by atoms with Crippen molar-refractivity contribution in [3.8, 4) is 6.07 Å². The number of ether oxygens (including phenoxy) is 1. The number of aryl methyl sites for hydroxylation is 1. The first-order valence-corrected chi connectivity index (χ1v) is 10.8. The van der Waals surface area contributed by atoms with Crippen LogP contribution in [0.3, 0.4) is 0 Å². The van der Waals surface area contributed by atoms with Crippen LogP contribution in [0, 0.1) is 11.3 Å². The minimum Gasteiger partial charge on any atom is -0.374 e. The third-order valence-electron chi connectivity index (χ3n) is 5.15. The van der Waals surface area contributed by atoms with Gasteiger partial charge in [0, 0.05) is 6.54 Å². The van der Waals surface area contributed by atoms with Crippen molar-refractivity contribution in [3.05, 3.63) is 77.6 Å². The maximum Gasteiger partial charge on any atom is 0.240 e. The quantitative estimate of drug-likeness (QED) is 0.461. The summed E-state index contributed by atoms with van der Waals surface area (Å²) >= 11 is 0. The lowest BCUT2D eigenvalue weighted by Crippen LogP contribution is -2.51. The first-order valence-electron chi connectivity index (χ1n) is 10.8. The number of hydrogen-bond donors (Lipinski definition) is 2. The van der Waals surface area contributed by atoms with Gasteiger partial charge in [0.2, 0.25) is 5.91 Å². The standard InChI is InChI=1S/C24H29N7O2/c1-24(2,26)23(32)27-21(17-33-16-18-9-5-3-6-10-18)22-28-29-30-31(22)14-13-20(15-25)19-11-7-4-8-12-19/h3-12,20-21H,13-14,16-17,26H2,1-2H3,(H,27,32). The highest BCUT2D eigenvalue weighted by molar-refractivity contribution is 5.85. The molecule has 0 fully saturated rings. The number of tetrazole rings is 1. The smallest absolute Gasteiger partial charge is 0.240 e. The topological polar surface area (TPSA) is 132 Å². The predicted molar refractivity (Wildman–Crippen MR) is 122 cm³/mol. The molecule has 1 aromatic heterocycles. The Morgan fingerprint density at radius 1 is 1.18 bits per heavy atom. The molecule has 2 unspecified atom stereocenters. The van der Waals surface area contributed by atoms with Gasteiger partial charge in [-0.25, -0.2) is 4.68 Å². The second-order valence-electron chi connectivity index (χ2n) is 8.39. The molecule has 9 heteroatoms. The molecule has 172 valence electrons. The first kappa shape index (κ1) is 24.0. The van der Waals surface area contributed by atoms with Gasteiger partial charge in [-0.05, 0) is 41.8 Å². The zero-order chi connectivity index (χ0) is 23.7. The molecule has 3 rings (SSSR count). The van der Waals surface area contributed by atoms with Crippen LogP contribution in [-0.2, 0) is 22.7 Å². The van der Waals surface area contributed by atoms with E-state index < -0.39 is 11.6 Å². The Labute approximate surface area is 193 Å². The highest BCUT2D eigenvalue weighted by Crippen LogP contribution is 2.20. The van der Waals surface area contributed by atoms with Crippen LogP contribution in [0.15, 0.2) is 60.7 Å². The van der Waals surface area contributed by atoms with E-state index in [0.717, 1.165) is 11.1 Å². The zero-order valence-corrected chi connectivity index (χ0v) is 18.9. The Morgan fingerprint density at radius 3 is 2.48 bits per heavy atom. The van der Waals surface area contributed by atoms with Crippen molar-refractivity contribution >= 4 is 5.91 Å². The molecule has 1 amide bonds. The van der Waals surface area contributed by atoms with Gasteiger partial charge >= 0.3 is 0 Å². The summed E-state index contributed by atoms with van der Waals surface area (Å²) in [4.78, 5) is 12.6. The fourth-order valence-electron chi connectivity index (χ4n) is 3.26. The van der Waals surface area contributed by atoms with Crippen molar-refractivity contribution in [2.45, 2.75) is 50.9 Å². The number of nitrogens with zero attached hydrogens (tertiary/aromatic N) is 5. The molecule has 3 aromatic rings. The zero-order valence-electron chi connectivity index (χ0n) is 18.9. The van der Waals surface area contributed by atoms with Gasteiger partial charge in [0.1, 0.15) is 6.04 Å². The number of hydrogen-bond acceptors (Lipinski definition) is 7. The highest BCUT2D eigenvalue weighted by atomic mass is 16.5. The van der Waals surface area contributed by atoms with Crippen LogP contribution in [0.1, 0.15) is 49.2 Å². The molecule has 0 radical (unpaired) electrons. The van der Waals surface area contributed by atoms with Crippen molar-refractivity contribution in [2.24, 2.45) is 5.73 Å². The minimum absolute atomic E-state index is 0.164. The van der Waals surface area contributed by atoms with Crippen molar-refractivity contribution in [1.29, 1.82) is 5.26 Å². The molecule has 33 heavy (non-hydrogen) atoms. The van der Waals surface area contributed by atoms with Crippen LogP contribution in [0.2, 0.25) is 0 Å². The maximum atomic E-state index is 12.6. The first-order chi connectivity index (χ1) is 15.9. The van der Waals surface area contributed by atoms with E-state index in [2.05, 4.69) is 26.9 Å². The van der Waals surface area contributed by atoms with Crippen molar-refractivity contribution in [1.82, 2.24) is 25.5 Å². The van der Waals surface area contributed by atoms with Gasteiger partial charge in [-0.3, -0.25) is 4.79 Å². The summed E-state index contributed by atoms with van der Waals surface area (Å²) in [5.41, 5.74) is 6.85. The second kappa shape index (κ2) is 11.3. The molecule has 0 spiro atoms. The van der Waals surface area contributed by atoms with Crippen molar-refractivity contribution < 1.29 is 9.53 Å². The molecule has 0 aliphatic carbocycles. The molecule has 0 aliphatic heterocycles. The molecule has 0 saturated carbocycles. The summed E-state index contributed by atoms with van der Waals surface area (Å²) in [6, 6.07) is 21.1. The molecule has 9 nitrogen and oxygen atoms in total. The summed E-state index contributed by atoms with van der Waals surface area (Å²) in [6.45, 7) is 4.21. The third kappa shape index (κ3) is 6.94. The maximum absolute atomic E-state index is 12.6. The number of aromatic nitrogens is 4. The average molecular weight is 448 g/mol. The number of rotatable bonds is 11. The van der Waals surface area contributed by atoms with Gasteiger partial charge in [0.05, 0.1) is 30.7 Å². The van der Waals surface area contributed by atoms with Crippen LogP contribution in [0.5, 0.6) is 0 Å². The number of nitrogens with one attached hydrogen (secondary N) is 1. The van der Waals surface area contributed by atoms with E-state index in [0.29, 0.717) is 25.4 Å². The lowest BCUT2D eigenvalue weighted by Gasteiger charge is -2.24. The Kier molecular flexibility index (Phi) is 8.24. The number of carbonyl (C=O) groups excluding carboxylic acids is 1. The van der Waals surface area contributed by atoms with Gasteiger partial charge in [-0.15, -0.1) is 5.10 Å². The van der Waals surface area contributed by atoms with Crippen LogP contribution in [-0.4, -0.2) is 38.3 Å². The molecule has 0 aliphatic rings. The van der Waals surface area contributed by atoms with E-state index in [4.69, 9.17) is 10.5 Å². The van der Waals surface area contributed by atoms with Crippen LogP contribution < -0.4 is 11.1 Å². The lowest BCUT2D eigenvalue weighted by molar-refractivity contribution is -0.126. The summed E-state index contributed by atoms with van der Waals surface area (Å²) in [6.07, 6.45) is 0.520. The fraction of sp³-hybridized carbons (Fsp3) is 0.375. The molecular weight excluding hydrogens is 418 g/mol. The predicted octanol–water partition coefficient (Wildman–Crippen LogP) is 2.48. The van der Waals surface area contributed by atoms with Gasteiger partial charge < -0.3 is 15.8 Å². The Hall–Kier alpha value is -3.61. The summed E-state index contributed by atoms with van der Waals surface area (Å²) in [5, 5.41) is 24.5. The summed E-state index contributed by atoms with van der Waals surface area (Å²) in [5.74, 6) is -0.191. The number of carbonyl (C=O) groups is 1. The monoisotopic (exact) mass is 447 g/mol. The fourth-order valence-corrected chi connectivity index (χ4v) is 3.26. The van der Waals surface area contributed by atoms with Crippen LogP contribution in [0.25, 0.3) is 0 Å². The molecule has 2 aromatic carbocycles. The van der Waals surface area contributed by atoms with E-state index >= 15 is 0 Å². The number of nitriles is 1. The number of amides is 1. The van der Waals surface area contributed by atoms with E-state index in [1.54, 1.807) is 18.5 Å². The molecule has 0 bridgehead atoms. The minimum atomic E-state index is -1.07. The summed E-state index contributed by atoms with van der Waals surface area (Å²) in [7, 11) is 0. The number of benzene rings is 2. The third-order valence-corrected chi connectivity index (χ3v) is 5.15. The normalized spacial score (nSPS) is 13.2. The van der Waals surface area contributed by atoms with Crippen LogP contribution in [0.4, 0.5) is 0 Å². The SMILES string of the molecule is CC(C)(N)C(=O)NC(COCc1ccccc1)c1nnnn1CCC(C#N)c1ccccc1. The average Bonchev–Trinajstić information content (AvgIpc) is 3.28. The van der Waals surface area contributed by atoms with E-state index in [1.165, 1.54) is 0 Å². The number of nitrogens with two attached hydrogens (primary N) is 1. The molecule has 3 N–H and O–H groups in total. The second-order valence-corrected chi connectivity index (χ2v) is 8.39. The van der Waals surface area contributed by atoms with E-state index in [1.807, 2.05) is 60.7 Å².